The molecule has 1 unspecified atom stereocenters. The van der Waals surface area contributed by atoms with Crippen molar-refractivity contribution in [3.63, 3.8) is 0 Å². The number of carbonyl (C=O) groups is 1. The van der Waals surface area contributed by atoms with Crippen molar-refractivity contribution in [1.29, 1.82) is 0 Å². The Hall–Kier alpha value is -3.75. The van der Waals surface area contributed by atoms with Gasteiger partial charge in [-0.05, 0) is 42.0 Å². The maximum absolute atomic E-state index is 13.8. The van der Waals surface area contributed by atoms with Crippen LogP contribution in [0.1, 0.15) is 5.56 Å². The van der Waals surface area contributed by atoms with Crippen molar-refractivity contribution < 1.29 is 22.7 Å². The predicted octanol–water partition coefficient (Wildman–Crippen LogP) is 3.36. The Balaban J connectivity index is 1.31. The van der Waals surface area contributed by atoms with E-state index in [0.717, 1.165) is 17.3 Å². The molecule has 5 rings (SSSR count). The number of amides is 1. The lowest BCUT2D eigenvalue weighted by molar-refractivity contribution is -0.605. The third-order valence-electron chi connectivity index (χ3n) is 7.01. The molecular weight excluding hydrogens is 457 g/mol. The third kappa shape index (κ3) is 4.89. The molecule has 2 saturated heterocycles. The Labute approximate surface area is 201 Å². The normalized spacial score (nSPS) is 18.5. The lowest BCUT2D eigenvalue weighted by atomic mass is 9.71. The van der Waals surface area contributed by atoms with Gasteiger partial charge in [0, 0.05) is 73.6 Å². The van der Waals surface area contributed by atoms with Crippen LogP contribution in [0.4, 0.5) is 24.5 Å². The highest BCUT2D eigenvalue weighted by molar-refractivity contribution is 5.79. The molecule has 1 spiro atoms. The van der Waals surface area contributed by atoms with Gasteiger partial charge in [-0.25, -0.2) is 13.2 Å². The van der Waals surface area contributed by atoms with Gasteiger partial charge in [0.1, 0.15) is 17.5 Å². The van der Waals surface area contributed by atoms with E-state index >= 15 is 0 Å². The summed E-state index contributed by atoms with van der Waals surface area (Å²) in [6.45, 7) is 2.77. The molecule has 9 heteroatoms. The van der Waals surface area contributed by atoms with Crippen LogP contribution in [-0.4, -0.2) is 43.5 Å². The smallest absolute Gasteiger partial charge is 0.227 e. The quantitative estimate of drug-likeness (QED) is 0.433. The van der Waals surface area contributed by atoms with E-state index in [2.05, 4.69) is 5.32 Å². The molecule has 2 aromatic carbocycles. The van der Waals surface area contributed by atoms with E-state index in [4.69, 9.17) is 0 Å². The predicted molar refractivity (Wildman–Crippen MR) is 125 cm³/mol. The maximum atomic E-state index is 13.8. The van der Waals surface area contributed by atoms with Crippen LogP contribution in [0.25, 0.3) is 0 Å². The van der Waals surface area contributed by atoms with Gasteiger partial charge in [0.25, 0.3) is 0 Å². The minimum absolute atomic E-state index is 0.0347. The second-order valence-electron chi connectivity index (χ2n) is 9.45. The molecule has 1 amide bonds. The van der Waals surface area contributed by atoms with Gasteiger partial charge < -0.3 is 20.3 Å². The van der Waals surface area contributed by atoms with E-state index in [1.165, 1.54) is 36.7 Å². The molecular formula is C26H25F3N4O2. The molecule has 0 saturated carbocycles. The Morgan fingerprint density at radius 3 is 2.29 bits per heavy atom. The molecule has 6 nitrogen and oxygen atoms in total. The largest absolute Gasteiger partial charge is 0.619 e. The van der Waals surface area contributed by atoms with Crippen LogP contribution < -0.4 is 14.9 Å². The average Bonchev–Trinajstić information content (AvgIpc) is 3.19. The molecule has 0 aliphatic carbocycles. The number of hydrogen-bond acceptors (Lipinski definition) is 4. The Morgan fingerprint density at radius 2 is 1.63 bits per heavy atom. The summed E-state index contributed by atoms with van der Waals surface area (Å²) in [6, 6.07) is 12.9. The highest BCUT2D eigenvalue weighted by Crippen LogP contribution is 2.46. The van der Waals surface area contributed by atoms with Crippen LogP contribution in [0.15, 0.2) is 67.0 Å². The number of halogens is 3. The van der Waals surface area contributed by atoms with Gasteiger partial charge in [-0.1, -0.05) is 0 Å². The van der Waals surface area contributed by atoms with E-state index in [-0.39, 0.29) is 29.5 Å². The van der Waals surface area contributed by atoms with Crippen LogP contribution in [0.5, 0.6) is 0 Å². The average molecular weight is 483 g/mol. The van der Waals surface area contributed by atoms with Gasteiger partial charge in [0.2, 0.25) is 5.91 Å². The van der Waals surface area contributed by atoms with Crippen molar-refractivity contribution in [3.8, 4) is 0 Å². The molecule has 182 valence electrons. The molecule has 2 fully saturated rings. The lowest BCUT2D eigenvalue weighted by Crippen LogP contribution is -2.61. The number of nitrogens with one attached hydrogen (secondary N) is 1. The zero-order valence-corrected chi connectivity index (χ0v) is 19.0. The fraction of sp³-hybridized carbons (Fsp3) is 0.308. The Bertz CT molecular complexity index is 1190. The molecule has 1 atom stereocenters. The number of rotatable bonds is 6. The fourth-order valence-corrected chi connectivity index (χ4v) is 5.14. The van der Waals surface area contributed by atoms with Gasteiger partial charge in [-0.15, -0.1) is 0 Å². The first-order valence-electron chi connectivity index (χ1n) is 11.5. The van der Waals surface area contributed by atoms with E-state index < -0.39 is 11.6 Å². The number of carbonyl (C=O) groups excluding carboxylic acids is 1. The summed E-state index contributed by atoms with van der Waals surface area (Å²) in [5, 5.41) is 14.6. The minimum Gasteiger partial charge on any atom is -0.619 e. The molecule has 2 aliphatic rings. The van der Waals surface area contributed by atoms with Gasteiger partial charge in [-0.3, -0.25) is 4.79 Å². The van der Waals surface area contributed by atoms with Gasteiger partial charge in [-0.2, -0.15) is 4.73 Å². The molecule has 3 heterocycles. The number of nitrogens with zero attached hydrogens (tertiary/aromatic N) is 3. The highest BCUT2D eigenvalue weighted by Gasteiger charge is 2.55. The summed E-state index contributed by atoms with van der Waals surface area (Å²) in [6.07, 6.45) is 2.92. The van der Waals surface area contributed by atoms with Crippen LogP contribution in [0.3, 0.4) is 0 Å². The second-order valence-corrected chi connectivity index (χ2v) is 9.45. The minimum atomic E-state index is -0.624. The third-order valence-corrected chi connectivity index (χ3v) is 7.01. The summed E-state index contributed by atoms with van der Waals surface area (Å²) in [7, 11) is 0. The van der Waals surface area contributed by atoms with Gasteiger partial charge in [0.15, 0.2) is 12.4 Å². The summed E-state index contributed by atoms with van der Waals surface area (Å²) >= 11 is 0. The van der Waals surface area contributed by atoms with E-state index in [9.17, 15) is 23.2 Å². The number of likely N-dealkylation sites (tertiary alicyclic amines) is 1. The topological polar surface area (TPSA) is 62.5 Å². The number of pyridine rings is 1. The molecule has 35 heavy (non-hydrogen) atoms. The van der Waals surface area contributed by atoms with Crippen molar-refractivity contribution in [2.75, 3.05) is 42.9 Å². The van der Waals surface area contributed by atoms with E-state index in [0.29, 0.717) is 43.1 Å². The van der Waals surface area contributed by atoms with Crippen molar-refractivity contribution in [2.45, 2.75) is 6.42 Å². The first kappa shape index (κ1) is 23.0. The fourth-order valence-electron chi connectivity index (χ4n) is 5.14. The monoisotopic (exact) mass is 482 g/mol. The van der Waals surface area contributed by atoms with Crippen LogP contribution in [0.2, 0.25) is 0 Å². The second kappa shape index (κ2) is 9.13. The standard InChI is InChI=1S/C26H25F3N4O2/c27-20-1-3-23(4-2-20)30-13-19-14-31(25(34)9-18-5-7-33(35)8-6-18)15-26(19)16-32(17-26)24-11-21(28)10-22(29)12-24/h1-8,10-12,19,30H,9,13-17H2. The highest BCUT2D eigenvalue weighted by atomic mass is 19.1. The maximum Gasteiger partial charge on any atom is 0.227 e. The number of benzene rings is 2. The SMILES string of the molecule is O=C(Cc1cc[n+]([O-])cc1)N1CC(CNc2ccc(F)cc2)C2(C1)CN(c1cc(F)cc(F)c1)C2. The summed E-state index contributed by atoms with van der Waals surface area (Å²) in [4.78, 5) is 16.8. The van der Waals surface area contributed by atoms with Crippen LogP contribution >= 0.6 is 0 Å². The van der Waals surface area contributed by atoms with Crippen LogP contribution in [-0.2, 0) is 11.2 Å². The van der Waals surface area contributed by atoms with E-state index in [1.54, 1.807) is 24.3 Å². The molecule has 0 radical (unpaired) electrons. The summed E-state index contributed by atoms with van der Waals surface area (Å²) in [5.41, 5.74) is 1.79. The lowest BCUT2D eigenvalue weighted by Gasteiger charge is -2.52. The first-order chi connectivity index (χ1) is 16.8. The van der Waals surface area contributed by atoms with Crippen molar-refractivity contribution in [3.05, 3.63) is 95.2 Å². The number of hydrogen-bond donors (Lipinski definition) is 1. The zero-order valence-electron chi connectivity index (χ0n) is 19.0. The Kier molecular flexibility index (Phi) is 6.00. The summed E-state index contributed by atoms with van der Waals surface area (Å²) in [5.74, 6) is -1.51. The first-order valence-corrected chi connectivity index (χ1v) is 11.5. The molecule has 1 aromatic heterocycles. The molecule has 1 N–H and O–H groups in total. The van der Waals surface area contributed by atoms with Crippen LogP contribution in [0, 0.1) is 34.0 Å². The van der Waals surface area contributed by atoms with Gasteiger partial charge >= 0.3 is 0 Å². The zero-order chi connectivity index (χ0) is 24.6. The number of aromatic nitrogens is 1. The Morgan fingerprint density at radius 1 is 0.971 bits per heavy atom. The van der Waals surface area contributed by atoms with Gasteiger partial charge in [0.05, 0.1) is 6.42 Å². The van der Waals surface area contributed by atoms with Crippen molar-refractivity contribution in [1.82, 2.24) is 4.90 Å². The molecule has 2 aliphatic heterocycles. The number of anilines is 2. The summed E-state index contributed by atoms with van der Waals surface area (Å²) < 4.78 is 41.4. The van der Waals surface area contributed by atoms with Crippen molar-refractivity contribution >= 4 is 17.3 Å². The van der Waals surface area contributed by atoms with E-state index in [1.807, 2.05) is 9.80 Å². The molecule has 0 bridgehead atoms. The van der Waals surface area contributed by atoms with Crippen molar-refractivity contribution in [2.24, 2.45) is 11.3 Å². The molecule has 3 aromatic rings.